The molecule has 8 nitrogen and oxygen atoms in total. The van der Waals surface area contributed by atoms with Gasteiger partial charge in [0, 0.05) is 45.5 Å². The van der Waals surface area contributed by atoms with Gasteiger partial charge in [0.25, 0.3) is 5.91 Å². The smallest absolute Gasteiger partial charge is 0.272 e. The van der Waals surface area contributed by atoms with Gasteiger partial charge in [-0.1, -0.05) is 5.16 Å². The first kappa shape index (κ1) is 18.2. The van der Waals surface area contributed by atoms with Crippen LogP contribution in [-0.2, 0) is 24.6 Å². The zero-order valence-electron chi connectivity index (χ0n) is 16.4. The van der Waals surface area contributed by atoms with Crippen LogP contribution in [0.1, 0.15) is 66.3 Å². The number of hydrogen-bond acceptors (Lipinski definition) is 6. The van der Waals surface area contributed by atoms with Gasteiger partial charge < -0.3 is 14.2 Å². The zero-order chi connectivity index (χ0) is 19.1. The van der Waals surface area contributed by atoms with Crippen molar-refractivity contribution in [2.45, 2.75) is 58.7 Å². The lowest BCUT2D eigenvalue weighted by Gasteiger charge is -2.32. The third-order valence-electron chi connectivity index (χ3n) is 5.63. The summed E-state index contributed by atoms with van der Waals surface area (Å²) < 4.78 is 12.6. The summed E-state index contributed by atoms with van der Waals surface area (Å²) in [6.07, 6.45) is 3.49. The molecule has 27 heavy (non-hydrogen) atoms. The van der Waals surface area contributed by atoms with Crippen LogP contribution < -0.4 is 0 Å². The first-order valence-corrected chi connectivity index (χ1v) is 9.72. The van der Waals surface area contributed by atoms with Gasteiger partial charge in [-0.15, -0.1) is 0 Å². The number of aryl methyl sites for hydroxylation is 2. The number of amides is 1. The second-order valence-electron chi connectivity index (χ2n) is 7.80. The van der Waals surface area contributed by atoms with Crippen molar-refractivity contribution in [1.29, 1.82) is 0 Å². The van der Waals surface area contributed by atoms with Gasteiger partial charge in [-0.2, -0.15) is 10.1 Å². The van der Waals surface area contributed by atoms with E-state index in [-0.39, 0.29) is 18.1 Å². The van der Waals surface area contributed by atoms with E-state index in [1.165, 1.54) is 0 Å². The second kappa shape index (κ2) is 7.07. The number of hydrogen-bond donors (Lipinski definition) is 0. The Kier molecular flexibility index (Phi) is 4.75. The number of piperidine rings is 1. The SMILES string of the molecule is Cc1nc(CC2CCN(C(=O)c3c4c(nn3C)[C@H](C)O[C@H](C)C4)CC2)no1. The molecule has 2 atom stereocenters. The van der Waals surface area contributed by atoms with E-state index in [0.717, 1.165) is 61.5 Å². The van der Waals surface area contributed by atoms with E-state index in [1.54, 1.807) is 11.6 Å². The van der Waals surface area contributed by atoms with Crippen LogP contribution in [0.5, 0.6) is 0 Å². The monoisotopic (exact) mass is 373 g/mol. The maximum atomic E-state index is 13.2. The molecule has 146 valence electrons. The summed E-state index contributed by atoms with van der Waals surface area (Å²) in [6, 6.07) is 0. The Labute approximate surface area is 158 Å². The number of carbonyl (C=O) groups is 1. The minimum Gasteiger partial charge on any atom is -0.369 e. The molecule has 0 aromatic carbocycles. The van der Waals surface area contributed by atoms with Crippen molar-refractivity contribution in [2.75, 3.05) is 13.1 Å². The van der Waals surface area contributed by atoms with Gasteiger partial charge in [-0.05, 0) is 32.6 Å². The third-order valence-corrected chi connectivity index (χ3v) is 5.63. The average molecular weight is 373 g/mol. The first-order chi connectivity index (χ1) is 12.9. The van der Waals surface area contributed by atoms with Crippen LogP contribution in [0.15, 0.2) is 4.52 Å². The van der Waals surface area contributed by atoms with Gasteiger partial charge in [0.05, 0.1) is 17.9 Å². The average Bonchev–Trinajstić information content (AvgIpc) is 3.18. The molecule has 4 heterocycles. The van der Waals surface area contributed by atoms with Crippen molar-refractivity contribution >= 4 is 5.91 Å². The molecule has 1 saturated heterocycles. The van der Waals surface area contributed by atoms with Crippen LogP contribution in [0.4, 0.5) is 0 Å². The van der Waals surface area contributed by atoms with Crippen molar-refractivity contribution in [3.8, 4) is 0 Å². The molecule has 4 rings (SSSR count). The number of carbonyl (C=O) groups excluding carboxylic acids is 1. The van der Waals surface area contributed by atoms with Gasteiger partial charge in [0.2, 0.25) is 5.89 Å². The van der Waals surface area contributed by atoms with Crippen molar-refractivity contribution < 1.29 is 14.1 Å². The summed E-state index contributed by atoms with van der Waals surface area (Å²) in [5.41, 5.74) is 2.68. The van der Waals surface area contributed by atoms with Crippen LogP contribution in [0.2, 0.25) is 0 Å². The van der Waals surface area contributed by atoms with Crippen LogP contribution in [-0.4, -0.2) is 49.9 Å². The Balaban J connectivity index is 1.44. The van der Waals surface area contributed by atoms with E-state index in [2.05, 4.69) is 15.2 Å². The summed E-state index contributed by atoms with van der Waals surface area (Å²) >= 11 is 0. The van der Waals surface area contributed by atoms with E-state index < -0.39 is 0 Å². The highest BCUT2D eigenvalue weighted by Gasteiger charge is 2.34. The fourth-order valence-corrected chi connectivity index (χ4v) is 4.30. The van der Waals surface area contributed by atoms with E-state index >= 15 is 0 Å². The van der Waals surface area contributed by atoms with Crippen molar-refractivity contribution in [3.63, 3.8) is 0 Å². The highest BCUT2D eigenvalue weighted by molar-refractivity contribution is 5.94. The molecule has 0 saturated carbocycles. The lowest BCUT2D eigenvalue weighted by molar-refractivity contribution is -0.00715. The fraction of sp³-hybridized carbons (Fsp3) is 0.684. The van der Waals surface area contributed by atoms with Crippen LogP contribution in [0.3, 0.4) is 0 Å². The molecule has 0 N–H and O–H groups in total. The zero-order valence-corrected chi connectivity index (χ0v) is 16.4. The standard InChI is InChI=1S/C19H27N5O3/c1-11-9-15-17(12(2)26-11)21-23(4)18(15)19(25)24-7-5-14(6-8-24)10-16-20-13(3)27-22-16/h11-12,14H,5-10H2,1-4H3/t11-,12+/m1/s1. The summed E-state index contributed by atoms with van der Waals surface area (Å²) in [5.74, 6) is 1.94. The maximum absolute atomic E-state index is 13.2. The lowest BCUT2D eigenvalue weighted by atomic mass is 9.92. The maximum Gasteiger partial charge on any atom is 0.272 e. The summed E-state index contributed by atoms with van der Waals surface area (Å²) in [6.45, 7) is 7.36. The number of ether oxygens (including phenoxy) is 1. The number of aromatic nitrogens is 4. The molecule has 2 aliphatic heterocycles. The number of rotatable bonds is 3. The molecule has 0 spiro atoms. The molecule has 0 radical (unpaired) electrons. The molecule has 8 heteroatoms. The van der Waals surface area contributed by atoms with Crippen molar-refractivity contribution in [1.82, 2.24) is 24.8 Å². The molecule has 0 bridgehead atoms. The largest absolute Gasteiger partial charge is 0.369 e. The lowest BCUT2D eigenvalue weighted by Crippen LogP contribution is -2.40. The summed E-state index contributed by atoms with van der Waals surface area (Å²) in [7, 11) is 1.86. The molecule has 2 aromatic rings. The van der Waals surface area contributed by atoms with E-state index in [4.69, 9.17) is 9.26 Å². The third kappa shape index (κ3) is 3.50. The second-order valence-corrected chi connectivity index (χ2v) is 7.80. The molecular formula is C19H27N5O3. The quantitative estimate of drug-likeness (QED) is 0.820. The summed E-state index contributed by atoms with van der Waals surface area (Å²) in [5, 5.41) is 8.56. The van der Waals surface area contributed by atoms with Crippen LogP contribution in [0, 0.1) is 12.8 Å². The Morgan fingerprint density at radius 2 is 2.00 bits per heavy atom. The van der Waals surface area contributed by atoms with Gasteiger partial charge in [-0.3, -0.25) is 9.48 Å². The Hall–Kier alpha value is -2.22. The topological polar surface area (TPSA) is 86.3 Å². The minimum atomic E-state index is -0.0688. The predicted octanol–water partition coefficient (Wildman–Crippen LogP) is 2.23. The Morgan fingerprint density at radius 1 is 1.26 bits per heavy atom. The molecule has 0 unspecified atom stereocenters. The van der Waals surface area contributed by atoms with Gasteiger partial charge >= 0.3 is 0 Å². The van der Waals surface area contributed by atoms with E-state index in [9.17, 15) is 4.79 Å². The number of nitrogens with zero attached hydrogens (tertiary/aromatic N) is 5. The molecule has 1 amide bonds. The van der Waals surface area contributed by atoms with Gasteiger partial charge in [0.1, 0.15) is 5.69 Å². The van der Waals surface area contributed by atoms with Crippen molar-refractivity contribution in [2.24, 2.45) is 13.0 Å². The van der Waals surface area contributed by atoms with Crippen LogP contribution >= 0.6 is 0 Å². The minimum absolute atomic E-state index is 0.0688. The van der Waals surface area contributed by atoms with Gasteiger partial charge in [-0.25, -0.2) is 0 Å². The Morgan fingerprint density at radius 3 is 2.67 bits per heavy atom. The summed E-state index contributed by atoms with van der Waals surface area (Å²) in [4.78, 5) is 19.5. The fourth-order valence-electron chi connectivity index (χ4n) is 4.30. The molecular weight excluding hydrogens is 346 g/mol. The first-order valence-electron chi connectivity index (χ1n) is 9.72. The molecule has 2 aliphatic rings. The predicted molar refractivity (Wildman–Crippen MR) is 97.2 cm³/mol. The molecule has 0 aliphatic carbocycles. The highest BCUT2D eigenvalue weighted by Crippen LogP contribution is 2.32. The normalized spacial score (nSPS) is 23.5. The van der Waals surface area contributed by atoms with E-state index in [1.807, 2.05) is 25.8 Å². The number of likely N-dealkylation sites (tertiary alicyclic amines) is 1. The van der Waals surface area contributed by atoms with Crippen LogP contribution in [0.25, 0.3) is 0 Å². The molecule has 2 aromatic heterocycles. The molecule has 1 fully saturated rings. The Bertz CT molecular complexity index is 835. The van der Waals surface area contributed by atoms with Gasteiger partial charge in [0.15, 0.2) is 5.82 Å². The number of fused-ring (bicyclic) bond motifs is 1. The van der Waals surface area contributed by atoms with E-state index in [0.29, 0.717) is 11.8 Å². The highest BCUT2D eigenvalue weighted by atomic mass is 16.5. The van der Waals surface area contributed by atoms with Crippen molar-refractivity contribution in [3.05, 3.63) is 28.7 Å².